The molecule has 3 aromatic carbocycles. The quantitative estimate of drug-likeness (QED) is 0.375. The van der Waals surface area contributed by atoms with E-state index in [1.807, 2.05) is 36.4 Å². The summed E-state index contributed by atoms with van der Waals surface area (Å²) < 4.78 is 5.86. The second-order valence-electron chi connectivity index (χ2n) is 5.23. The molecule has 4 N–H and O–H groups in total. The van der Waals surface area contributed by atoms with Gasteiger partial charge in [-0.15, -0.1) is 0 Å². The molecule has 0 fully saturated rings. The van der Waals surface area contributed by atoms with Crippen LogP contribution in [-0.2, 0) is 0 Å². The normalized spacial score (nSPS) is 10.9. The van der Waals surface area contributed by atoms with E-state index in [1.54, 1.807) is 30.3 Å². The van der Waals surface area contributed by atoms with E-state index in [2.05, 4.69) is 16.6 Å². The van der Waals surface area contributed by atoms with Gasteiger partial charge in [-0.2, -0.15) is 10.4 Å². The zero-order chi connectivity index (χ0) is 17.6. The number of hydrogen-bond acceptors (Lipinski definition) is 5. The Hall–Kier alpha value is -3.85. The first-order chi connectivity index (χ1) is 12.2. The second kappa shape index (κ2) is 7.15. The number of hydrazone groups is 1. The summed E-state index contributed by atoms with van der Waals surface area (Å²) in [6, 6.07) is 22.8. The molecular weight excluding hydrogens is 314 g/mol. The monoisotopic (exact) mass is 329 g/mol. The van der Waals surface area contributed by atoms with Gasteiger partial charge in [0.1, 0.15) is 17.6 Å². The lowest BCUT2D eigenvalue weighted by molar-refractivity contribution is 0.483. The summed E-state index contributed by atoms with van der Waals surface area (Å²) in [4.78, 5) is 0. The van der Waals surface area contributed by atoms with Gasteiger partial charge in [0.05, 0.1) is 5.69 Å². The zero-order valence-corrected chi connectivity index (χ0v) is 13.2. The number of rotatable bonds is 5. The lowest BCUT2D eigenvalue weighted by Gasteiger charge is -2.08. The molecular formula is C19H15N5O. The number of amidine groups is 1. The fourth-order valence-electron chi connectivity index (χ4n) is 2.23. The largest absolute Gasteiger partial charge is 0.457 e. The molecule has 0 aliphatic rings. The third-order valence-corrected chi connectivity index (χ3v) is 3.47. The van der Waals surface area contributed by atoms with Crippen molar-refractivity contribution >= 4 is 28.0 Å². The molecule has 0 saturated heterocycles. The average molecular weight is 329 g/mol. The van der Waals surface area contributed by atoms with Crippen LogP contribution in [0.2, 0.25) is 0 Å². The third kappa shape index (κ3) is 3.92. The minimum Gasteiger partial charge on any atom is -0.457 e. The number of fused-ring (bicyclic) bond motifs is 1. The molecule has 3 rings (SSSR count). The minimum absolute atomic E-state index is 0.170. The van der Waals surface area contributed by atoms with Gasteiger partial charge < -0.3 is 10.5 Å². The molecule has 0 bridgehead atoms. The van der Waals surface area contributed by atoms with Gasteiger partial charge in [0.2, 0.25) is 5.71 Å². The predicted octanol–water partition coefficient (Wildman–Crippen LogP) is 3.86. The molecule has 6 nitrogen and oxygen atoms in total. The molecule has 0 spiro atoms. The summed E-state index contributed by atoms with van der Waals surface area (Å²) in [6.07, 6.45) is 0. The van der Waals surface area contributed by atoms with Crippen molar-refractivity contribution in [1.82, 2.24) is 0 Å². The molecule has 25 heavy (non-hydrogen) atoms. The van der Waals surface area contributed by atoms with Crippen molar-refractivity contribution in [3.63, 3.8) is 0 Å². The Labute approximate surface area is 144 Å². The summed E-state index contributed by atoms with van der Waals surface area (Å²) in [5, 5.41) is 22.0. The molecule has 6 heteroatoms. The van der Waals surface area contributed by atoms with Crippen molar-refractivity contribution in [3.05, 3.63) is 66.7 Å². The predicted molar refractivity (Wildman–Crippen MR) is 99.0 cm³/mol. The lowest BCUT2D eigenvalue weighted by Crippen LogP contribution is -2.21. The Kier molecular flexibility index (Phi) is 4.58. The smallest absolute Gasteiger partial charge is 0.201 e. The number of anilines is 1. The van der Waals surface area contributed by atoms with Crippen molar-refractivity contribution < 1.29 is 4.74 Å². The van der Waals surface area contributed by atoms with E-state index >= 15 is 0 Å². The Morgan fingerprint density at radius 3 is 2.36 bits per heavy atom. The molecule has 0 heterocycles. The first kappa shape index (κ1) is 16.0. The maximum Gasteiger partial charge on any atom is 0.201 e. The van der Waals surface area contributed by atoms with E-state index in [0.717, 1.165) is 16.5 Å². The molecule has 0 radical (unpaired) electrons. The van der Waals surface area contributed by atoms with Crippen LogP contribution in [0.1, 0.15) is 0 Å². The zero-order valence-electron chi connectivity index (χ0n) is 13.2. The molecule has 0 aromatic heterocycles. The maximum atomic E-state index is 8.80. The van der Waals surface area contributed by atoms with Crippen LogP contribution in [0.25, 0.3) is 10.8 Å². The highest BCUT2D eigenvalue weighted by molar-refractivity contribution is 6.45. The summed E-state index contributed by atoms with van der Waals surface area (Å²) in [7, 11) is 0. The van der Waals surface area contributed by atoms with E-state index in [-0.39, 0.29) is 11.5 Å². The molecule has 0 atom stereocenters. The van der Waals surface area contributed by atoms with Crippen LogP contribution < -0.4 is 15.9 Å². The van der Waals surface area contributed by atoms with E-state index in [4.69, 9.17) is 21.1 Å². The summed E-state index contributed by atoms with van der Waals surface area (Å²) >= 11 is 0. The van der Waals surface area contributed by atoms with E-state index in [0.29, 0.717) is 11.4 Å². The van der Waals surface area contributed by atoms with Crippen LogP contribution in [0.15, 0.2) is 71.8 Å². The average Bonchev–Trinajstić information content (AvgIpc) is 2.63. The Morgan fingerprint density at radius 1 is 1.00 bits per heavy atom. The lowest BCUT2D eigenvalue weighted by atomic mass is 10.1. The van der Waals surface area contributed by atoms with Gasteiger partial charge in [0.25, 0.3) is 0 Å². The second-order valence-corrected chi connectivity index (χ2v) is 5.23. The van der Waals surface area contributed by atoms with Crippen LogP contribution in [0.3, 0.4) is 0 Å². The minimum atomic E-state index is -0.383. The number of benzene rings is 3. The van der Waals surface area contributed by atoms with Crippen LogP contribution in [0.5, 0.6) is 11.5 Å². The SMILES string of the molecule is N#C/C(=N\Nc1ccc(Oc2ccc3ccccc3c2)cc1)C(=N)N. The van der Waals surface area contributed by atoms with Gasteiger partial charge in [0.15, 0.2) is 5.84 Å². The first-order valence-electron chi connectivity index (χ1n) is 7.50. The molecule has 0 saturated carbocycles. The molecule has 0 unspecified atom stereocenters. The topological polar surface area (TPSA) is 107 Å². The van der Waals surface area contributed by atoms with E-state index in [1.165, 1.54) is 0 Å². The fraction of sp³-hybridized carbons (Fsp3) is 0. The molecule has 3 aromatic rings. The van der Waals surface area contributed by atoms with Crippen LogP contribution in [-0.4, -0.2) is 11.5 Å². The molecule has 0 aliphatic heterocycles. The highest BCUT2D eigenvalue weighted by Gasteiger charge is 2.02. The van der Waals surface area contributed by atoms with Crippen molar-refractivity contribution in [2.24, 2.45) is 10.8 Å². The van der Waals surface area contributed by atoms with Gasteiger partial charge >= 0.3 is 0 Å². The highest BCUT2D eigenvalue weighted by atomic mass is 16.5. The van der Waals surface area contributed by atoms with E-state index in [9.17, 15) is 0 Å². The van der Waals surface area contributed by atoms with E-state index < -0.39 is 0 Å². The number of nitriles is 1. The number of ether oxygens (including phenoxy) is 1. The Bertz CT molecular complexity index is 987. The first-order valence-corrected chi connectivity index (χ1v) is 7.50. The van der Waals surface area contributed by atoms with Gasteiger partial charge in [-0.3, -0.25) is 10.8 Å². The number of nitrogens with zero attached hydrogens (tertiary/aromatic N) is 2. The third-order valence-electron chi connectivity index (χ3n) is 3.47. The van der Waals surface area contributed by atoms with Crippen LogP contribution >= 0.6 is 0 Å². The van der Waals surface area contributed by atoms with Gasteiger partial charge in [-0.25, -0.2) is 0 Å². The summed E-state index contributed by atoms with van der Waals surface area (Å²) in [6.45, 7) is 0. The van der Waals surface area contributed by atoms with Crippen molar-refractivity contribution in [2.75, 3.05) is 5.43 Å². The van der Waals surface area contributed by atoms with Crippen LogP contribution in [0, 0.1) is 16.7 Å². The van der Waals surface area contributed by atoms with Gasteiger partial charge in [-0.1, -0.05) is 30.3 Å². The number of nitrogens with two attached hydrogens (primary N) is 1. The van der Waals surface area contributed by atoms with Crippen molar-refractivity contribution in [2.45, 2.75) is 0 Å². The summed E-state index contributed by atoms with van der Waals surface area (Å²) in [5.41, 5.74) is 8.39. The van der Waals surface area contributed by atoms with Crippen molar-refractivity contribution in [3.8, 4) is 17.6 Å². The number of hydrogen-bond donors (Lipinski definition) is 3. The number of nitrogens with one attached hydrogen (secondary N) is 2. The standard InChI is InChI=1S/C19H15N5O/c20-12-18(19(21)22)24-23-15-6-9-16(10-7-15)25-17-8-5-13-3-1-2-4-14(13)11-17/h1-11,23H,(H3,21,22)/b24-18+. The Balaban J connectivity index is 1.71. The summed E-state index contributed by atoms with van der Waals surface area (Å²) in [5.74, 6) is 1.05. The fourth-order valence-corrected chi connectivity index (χ4v) is 2.23. The molecule has 0 amide bonds. The molecule has 0 aliphatic carbocycles. The van der Waals surface area contributed by atoms with Crippen LogP contribution in [0.4, 0.5) is 5.69 Å². The van der Waals surface area contributed by atoms with Gasteiger partial charge in [-0.05, 0) is 47.2 Å². The highest BCUT2D eigenvalue weighted by Crippen LogP contribution is 2.26. The maximum absolute atomic E-state index is 8.80. The van der Waals surface area contributed by atoms with Gasteiger partial charge in [0, 0.05) is 0 Å². The van der Waals surface area contributed by atoms with Crippen molar-refractivity contribution in [1.29, 1.82) is 10.7 Å². The Morgan fingerprint density at radius 2 is 1.68 bits per heavy atom. The molecule has 122 valence electrons.